The average molecular weight is 556 g/mol. The molecule has 2 aromatic heterocycles. The molecule has 1 aliphatic heterocycles. The smallest absolute Gasteiger partial charge is 0.335 e. The second-order valence-electron chi connectivity index (χ2n) is 9.94. The first-order valence-electron chi connectivity index (χ1n) is 13.0. The van der Waals surface area contributed by atoms with Crippen LogP contribution in [0.1, 0.15) is 73.0 Å². The molecule has 0 saturated heterocycles. The van der Waals surface area contributed by atoms with Crippen LogP contribution < -0.4 is 20.7 Å². The van der Waals surface area contributed by atoms with Gasteiger partial charge >= 0.3 is 5.97 Å². The van der Waals surface area contributed by atoms with E-state index in [0.29, 0.717) is 29.8 Å². The predicted octanol–water partition coefficient (Wildman–Crippen LogP) is 2.20. The van der Waals surface area contributed by atoms with Crippen molar-refractivity contribution in [1.29, 1.82) is 0 Å². The van der Waals surface area contributed by atoms with E-state index in [9.17, 15) is 24.3 Å². The van der Waals surface area contributed by atoms with E-state index in [1.54, 1.807) is 44.2 Å². The van der Waals surface area contributed by atoms with Crippen molar-refractivity contribution in [2.24, 2.45) is 0 Å². The van der Waals surface area contributed by atoms with Crippen LogP contribution in [0, 0.1) is 6.92 Å². The molecular formula is C28H25N7O6. The number of rotatable bonds is 6. The number of anilines is 1. The first-order chi connectivity index (χ1) is 19.7. The molecule has 2 aliphatic rings. The highest BCUT2D eigenvalue weighted by atomic mass is 16.5. The van der Waals surface area contributed by atoms with Gasteiger partial charge in [-0.1, -0.05) is 12.1 Å². The van der Waals surface area contributed by atoms with E-state index in [1.807, 2.05) is 0 Å². The zero-order valence-electron chi connectivity index (χ0n) is 22.1. The minimum absolute atomic E-state index is 0.0205. The number of aromatic nitrogens is 4. The van der Waals surface area contributed by atoms with Crippen molar-refractivity contribution in [3.8, 4) is 5.75 Å². The van der Waals surface area contributed by atoms with Crippen LogP contribution in [0.5, 0.6) is 5.75 Å². The zero-order valence-corrected chi connectivity index (χ0v) is 22.1. The van der Waals surface area contributed by atoms with Gasteiger partial charge in [-0.05, 0) is 67.1 Å². The number of hydrogen-bond acceptors (Lipinski definition) is 8. The summed E-state index contributed by atoms with van der Waals surface area (Å²) in [7, 11) is 0. The predicted molar refractivity (Wildman–Crippen MR) is 144 cm³/mol. The minimum Gasteiger partial charge on any atom is -0.479 e. The third-order valence-electron chi connectivity index (χ3n) is 7.37. The molecular weight excluding hydrogens is 530 g/mol. The Labute approximate surface area is 232 Å². The third-order valence-corrected chi connectivity index (χ3v) is 7.37. The highest BCUT2D eigenvalue weighted by Crippen LogP contribution is 2.35. The molecule has 13 heteroatoms. The quantitative estimate of drug-likeness (QED) is 0.278. The molecule has 1 aliphatic carbocycles. The second-order valence-corrected chi connectivity index (χ2v) is 9.94. The summed E-state index contributed by atoms with van der Waals surface area (Å²) in [5.41, 5.74) is 4.01. The molecule has 2 aromatic carbocycles. The monoisotopic (exact) mass is 555 g/mol. The SMILES string of the molecule is Cc1c(C(=O)O)ccc2c1CC[C@@H]2NC(=O)c1cc(C(=O)NCc2ccc3c(c2)NC(=O)C(C)O3)nc2ncnn12. The number of nitrogens with zero attached hydrogens (tertiary/aromatic N) is 4. The summed E-state index contributed by atoms with van der Waals surface area (Å²) in [4.78, 5) is 58.2. The fourth-order valence-electron chi connectivity index (χ4n) is 5.22. The average Bonchev–Trinajstić information content (AvgIpc) is 3.59. The number of hydrogen-bond donors (Lipinski definition) is 4. The first kappa shape index (κ1) is 25.9. The van der Waals surface area contributed by atoms with Crippen molar-refractivity contribution in [3.63, 3.8) is 0 Å². The molecule has 4 aromatic rings. The lowest BCUT2D eigenvalue weighted by Crippen LogP contribution is -2.34. The van der Waals surface area contributed by atoms with Crippen LogP contribution in [-0.2, 0) is 17.8 Å². The van der Waals surface area contributed by atoms with Crippen molar-refractivity contribution in [3.05, 3.63) is 81.9 Å². The van der Waals surface area contributed by atoms with Crippen molar-refractivity contribution in [2.45, 2.75) is 45.4 Å². The van der Waals surface area contributed by atoms with Gasteiger partial charge in [0, 0.05) is 12.6 Å². The molecule has 0 saturated carbocycles. The Morgan fingerprint density at radius 1 is 1.17 bits per heavy atom. The van der Waals surface area contributed by atoms with Gasteiger partial charge in [0.05, 0.1) is 17.3 Å². The molecule has 41 heavy (non-hydrogen) atoms. The lowest BCUT2D eigenvalue weighted by atomic mass is 9.98. The maximum atomic E-state index is 13.4. The molecule has 3 heterocycles. The molecule has 1 unspecified atom stereocenters. The van der Waals surface area contributed by atoms with Gasteiger partial charge in [-0.15, -0.1) is 0 Å². The second kappa shape index (κ2) is 10.0. The van der Waals surface area contributed by atoms with Gasteiger partial charge in [0.25, 0.3) is 23.5 Å². The standard InChI is InChI=1S/C28H25N7O6/c1-13-16-6-7-19(18(16)5-4-17(13)27(39)40)32-26(38)22-10-21(34-28-30-12-31-35(22)28)25(37)29-11-15-3-8-23-20(9-15)33-24(36)14(2)41-23/h3-5,8-10,12,14,19H,6-7,11H2,1-2H3,(H,29,37)(H,32,38)(H,33,36)(H,39,40)/t14?,19-/m0/s1. The number of amides is 3. The Morgan fingerprint density at radius 2 is 2.00 bits per heavy atom. The van der Waals surface area contributed by atoms with Crippen LogP contribution in [0.3, 0.4) is 0 Å². The molecule has 0 spiro atoms. The van der Waals surface area contributed by atoms with E-state index in [4.69, 9.17) is 4.74 Å². The summed E-state index contributed by atoms with van der Waals surface area (Å²) in [6, 6.07) is 9.52. The number of carbonyl (C=O) groups excluding carboxylic acids is 3. The molecule has 13 nitrogen and oxygen atoms in total. The first-order valence-corrected chi connectivity index (χ1v) is 13.0. The lowest BCUT2D eigenvalue weighted by Gasteiger charge is -2.23. The van der Waals surface area contributed by atoms with Gasteiger partial charge < -0.3 is 25.8 Å². The Bertz CT molecular complexity index is 1760. The van der Waals surface area contributed by atoms with Crippen LogP contribution in [0.4, 0.5) is 5.69 Å². The Kier molecular flexibility index (Phi) is 6.33. The van der Waals surface area contributed by atoms with Gasteiger partial charge in [-0.3, -0.25) is 14.4 Å². The Balaban J connectivity index is 1.20. The Hall–Kier alpha value is -5.33. The van der Waals surface area contributed by atoms with Crippen LogP contribution in [0.2, 0.25) is 0 Å². The fourth-order valence-corrected chi connectivity index (χ4v) is 5.22. The number of benzene rings is 2. The third kappa shape index (κ3) is 4.71. The van der Waals surface area contributed by atoms with E-state index in [0.717, 1.165) is 16.7 Å². The van der Waals surface area contributed by atoms with Gasteiger partial charge in [0.1, 0.15) is 23.5 Å². The highest BCUT2D eigenvalue weighted by Gasteiger charge is 2.29. The summed E-state index contributed by atoms with van der Waals surface area (Å²) in [5.74, 6) is -1.62. The van der Waals surface area contributed by atoms with Gasteiger partial charge in [-0.2, -0.15) is 14.6 Å². The summed E-state index contributed by atoms with van der Waals surface area (Å²) < 4.78 is 6.82. The van der Waals surface area contributed by atoms with Gasteiger partial charge in [0.15, 0.2) is 6.10 Å². The maximum absolute atomic E-state index is 13.4. The molecule has 6 rings (SSSR count). The van der Waals surface area contributed by atoms with Crippen molar-refractivity contribution in [1.82, 2.24) is 30.2 Å². The number of carboxylic acids is 1. The Morgan fingerprint density at radius 3 is 2.80 bits per heavy atom. The van der Waals surface area contributed by atoms with Crippen molar-refractivity contribution >= 4 is 35.2 Å². The van der Waals surface area contributed by atoms with Crippen LogP contribution >= 0.6 is 0 Å². The zero-order chi connectivity index (χ0) is 28.8. The van der Waals surface area contributed by atoms with E-state index in [2.05, 4.69) is 31.0 Å². The summed E-state index contributed by atoms with van der Waals surface area (Å²) >= 11 is 0. The van der Waals surface area contributed by atoms with Gasteiger partial charge in [-0.25, -0.2) is 9.78 Å². The minimum atomic E-state index is -0.990. The maximum Gasteiger partial charge on any atom is 0.335 e. The molecule has 4 N–H and O–H groups in total. The van der Waals surface area contributed by atoms with Crippen molar-refractivity contribution in [2.75, 3.05) is 5.32 Å². The highest BCUT2D eigenvalue weighted by molar-refractivity contribution is 5.99. The summed E-state index contributed by atoms with van der Waals surface area (Å²) in [6.07, 6.45) is 1.89. The molecule has 0 radical (unpaired) electrons. The molecule has 0 fully saturated rings. The van der Waals surface area contributed by atoms with Crippen LogP contribution in [0.15, 0.2) is 42.7 Å². The number of carbonyl (C=O) groups is 4. The number of fused-ring (bicyclic) bond motifs is 3. The number of aromatic carboxylic acids is 1. The molecule has 0 bridgehead atoms. The molecule has 3 amide bonds. The topological polar surface area (TPSA) is 177 Å². The summed E-state index contributed by atoms with van der Waals surface area (Å²) in [6.45, 7) is 3.56. The fraction of sp³-hybridized carbons (Fsp3) is 0.250. The van der Waals surface area contributed by atoms with Crippen LogP contribution in [0.25, 0.3) is 5.78 Å². The number of ether oxygens (including phenoxy) is 1. The number of nitrogens with one attached hydrogen (secondary N) is 3. The van der Waals surface area contributed by atoms with E-state index in [1.165, 1.54) is 16.9 Å². The van der Waals surface area contributed by atoms with Gasteiger partial charge in [0.2, 0.25) is 0 Å². The van der Waals surface area contributed by atoms with E-state index in [-0.39, 0.29) is 41.2 Å². The molecule has 208 valence electrons. The van der Waals surface area contributed by atoms with Crippen molar-refractivity contribution < 1.29 is 29.0 Å². The van der Waals surface area contributed by atoms with Crippen LogP contribution in [-0.4, -0.2) is 54.5 Å². The lowest BCUT2D eigenvalue weighted by molar-refractivity contribution is -0.122. The van der Waals surface area contributed by atoms with E-state index >= 15 is 0 Å². The van der Waals surface area contributed by atoms with E-state index < -0.39 is 23.9 Å². The number of carboxylic acid groups (broad SMARTS) is 1. The summed E-state index contributed by atoms with van der Waals surface area (Å²) in [5, 5.41) is 22.1. The molecule has 2 atom stereocenters. The largest absolute Gasteiger partial charge is 0.479 e. The normalized spacial score (nSPS) is 17.3.